The highest BCUT2D eigenvalue weighted by Crippen LogP contribution is 2.26. The number of aromatic nitrogens is 3. The van der Waals surface area contributed by atoms with Crippen LogP contribution in [0.2, 0.25) is 0 Å². The van der Waals surface area contributed by atoms with E-state index in [4.69, 9.17) is 5.10 Å². The van der Waals surface area contributed by atoms with Crippen molar-refractivity contribution in [2.75, 3.05) is 0 Å². The maximum atomic E-state index is 12.6. The average Bonchev–Trinajstić information content (AvgIpc) is 3.08. The molecule has 0 bridgehead atoms. The lowest BCUT2D eigenvalue weighted by Gasteiger charge is -2.15. The highest BCUT2D eigenvalue weighted by Gasteiger charge is 2.25. The van der Waals surface area contributed by atoms with Gasteiger partial charge in [0.2, 0.25) is 0 Å². The van der Waals surface area contributed by atoms with Crippen LogP contribution in [0, 0.1) is 16.7 Å². The Hall–Kier alpha value is -3.52. The largest absolute Gasteiger partial charge is 0.293 e. The van der Waals surface area contributed by atoms with E-state index in [1.54, 1.807) is 39.2 Å². The van der Waals surface area contributed by atoms with Crippen LogP contribution in [0.3, 0.4) is 0 Å². The third kappa shape index (κ3) is 4.41. The standard InChI is InChI=1S/C23H22N4O/c1-23(2,3)22(28)19(13-24)12-20-16-27(15-17-8-5-4-6-9-17)26-21(20)18-10-7-11-25-14-18/h4-12,14,16H,15H2,1-3H3. The molecule has 1 aromatic carbocycles. The number of pyridine rings is 1. The van der Waals surface area contributed by atoms with E-state index in [1.807, 2.05) is 53.3 Å². The summed E-state index contributed by atoms with van der Waals surface area (Å²) in [5, 5.41) is 14.2. The Morgan fingerprint density at radius 3 is 2.54 bits per heavy atom. The molecule has 0 unspecified atom stereocenters. The quantitative estimate of drug-likeness (QED) is 0.489. The van der Waals surface area contributed by atoms with Gasteiger partial charge in [-0.2, -0.15) is 10.4 Å². The number of hydrogen-bond donors (Lipinski definition) is 0. The SMILES string of the molecule is CC(C)(C)C(=O)C(C#N)=Cc1cn(Cc2ccccc2)nc1-c1cccnc1. The van der Waals surface area contributed by atoms with Crippen LogP contribution in [0.4, 0.5) is 0 Å². The minimum Gasteiger partial charge on any atom is -0.293 e. The summed E-state index contributed by atoms with van der Waals surface area (Å²) in [7, 11) is 0. The smallest absolute Gasteiger partial charge is 0.178 e. The van der Waals surface area contributed by atoms with Crippen molar-refractivity contribution >= 4 is 11.9 Å². The Morgan fingerprint density at radius 2 is 1.93 bits per heavy atom. The van der Waals surface area contributed by atoms with Gasteiger partial charge in [-0.15, -0.1) is 0 Å². The fourth-order valence-corrected chi connectivity index (χ4v) is 2.83. The van der Waals surface area contributed by atoms with E-state index in [-0.39, 0.29) is 11.4 Å². The third-order valence-corrected chi connectivity index (χ3v) is 4.26. The van der Waals surface area contributed by atoms with Crippen LogP contribution in [0.15, 0.2) is 66.6 Å². The lowest BCUT2D eigenvalue weighted by Crippen LogP contribution is -2.21. The van der Waals surface area contributed by atoms with E-state index >= 15 is 0 Å². The molecule has 2 heterocycles. The van der Waals surface area contributed by atoms with E-state index < -0.39 is 5.41 Å². The number of Topliss-reactive ketones (excluding diaryl/α,β-unsaturated/α-hetero) is 1. The summed E-state index contributed by atoms with van der Waals surface area (Å²) >= 11 is 0. The number of carbonyl (C=O) groups is 1. The van der Waals surface area contributed by atoms with Crippen LogP contribution < -0.4 is 0 Å². The summed E-state index contributed by atoms with van der Waals surface area (Å²) in [5.74, 6) is -0.192. The summed E-state index contributed by atoms with van der Waals surface area (Å²) in [6.07, 6.45) is 6.92. The van der Waals surface area contributed by atoms with Crippen LogP contribution >= 0.6 is 0 Å². The van der Waals surface area contributed by atoms with Crippen LogP contribution in [0.1, 0.15) is 31.9 Å². The molecular formula is C23H22N4O. The van der Waals surface area contributed by atoms with Gasteiger partial charge in [-0.1, -0.05) is 51.1 Å². The summed E-state index contributed by atoms with van der Waals surface area (Å²) < 4.78 is 1.82. The summed E-state index contributed by atoms with van der Waals surface area (Å²) in [4.78, 5) is 16.8. The zero-order valence-corrected chi connectivity index (χ0v) is 16.3. The Labute approximate surface area is 165 Å². The average molecular weight is 370 g/mol. The minimum atomic E-state index is -0.629. The second-order valence-corrected chi connectivity index (χ2v) is 7.61. The molecule has 0 saturated heterocycles. The minimum absolute atomic E-state index is 0.122. The molecule has 3 aromatic rings. The zero-order chi connectivity index (χ0) is 20.1. The first-order valence-corrected chi connectivity index (χ1v) is 9.07. The van der Waals surface area contributed by atoms with Crippen molar-refractivity contribution in [2.24, 2.45) is 5.41 Å². The molecule has 0 radical (unpaired) electrons. The second kappa shape index (κ2) is 8.01. The molecule has 28 heavy (non-hydrogen) atoms. The van der Waals surface area contributed by atoms with Crippen LogP contribution in [0.25, 0.3) is 17.3 Å². The number of rotatable bonds is 5. The molecule has 5 heteroatoms. The first kappa shape index (κ1) is 19.2. The topological polar surface area (TPSA) is 71.6 Å². The molecule has 2 aromatic heterocycles. The number of benzene rings is 1. The molecule has 0 aliphatic rings. The highest BCUT2D eigenvalue weighted by atomic mass is 16.1. The summed E-state index contributed by atoms with van der Waals surface area (Å²) in [6, 6.07) is 15.8. The fourth-order valence-electron chi connectivity index (χ4n) is 2.83. The molecular weight excluding hydrogens is 348 g/mol. The van der Waals surface area contributed by atoms with Gasteiger partial charge in [0.15, 0.2) is 5.78 Å². The van der Waals surface area contributed by atoms with Crippen LogP contribution in [-0.2, 0) is 11.3 Å². The Balaban J connectivity index is 2.07. The molecule has 0 N–H and O–H groups in total. The first-order chi connectivity index (χ1) is 13.4. The molecule has 5 nitrogen and oxygen atoms in total. The molecule has 0 amide bonds. The molecule has 0 aliphatic heterocycles. The van der Waals surface area contributed by atoms with E-state index in [1.165, 1.54) is 0 Å². The molecule has 0 aliphatic carbocycles. The van der Waals surface area contributed by atoms with Gasteiger partial charge in [0, 0.05) is 35.1 Å². The van der Waals surface area contributed by atoms with Gasteiger partial charge in [0.1, 0.15) is 11.8 Å². The third-order valence-electron chi connectivity index (χ3n) is 4.26. The molecule has 0 atom stereocenters. The Kier molecular flexibility index (Phi) is 5.51. The number of nitriles is 1. The second-order valence-electron chi connectivity index (χ2n) is 7.61. The van der Waals surface area contributed by atoms with Gasteiger partial charge in [-0.25, -0.2) is 0 Å². The van der Waals surface area contributed by atoms with Crippen LogP contribution in [0.5, 0.6) is 0 Å². The molecule has 3 rings (SSSR count). The van der Waals surface area contributed by atoms with Crippen molar-refractivity contribution in [3.63, 3.8) is 0 Å². The van der Waals surface area contributed by atoms with Crippen molar-refractivity contribution in [1.82, 2.24) is 14.8 Å². The molecule has 0 saturated carbocycles. The number of nitrogens with zero attached hydrogens (tertiary/aromatic N) is 4. The predicted molar refractivity (Wildman–Crippen MR) is 109 cm³/mol. The lowest BCUT2D eigenvalue weighted by molar-refractivity contribution is -0.121. The van der Waals surface area contributed by atoms with Crippen molar-refractivity contribution in [3.05, 3.63) is 77.8 Å². The van der Waals surface area contributed by atoms with Crippen molar-refractivity contribution in [3.8, 4) is 17.3 Å². The van der Waals surface area contributed by atoms with Crippen molar-refractivity contribution in [1.29, 1.82) is 5.26 Å². The fraction of sp³-hybridized carbons (Fsp3) is 0.217. The maximum absolute atomic E-state index is 12.6. The van der Waals surface area contributed by atoms with Crippen molar-refractivity contribution < 1.29 is 4.79 Å². The number of hydrogen-bond acceptors (Lipinski definition) is 4. The Bertz CT molecular complexity index is 1040. The van der Waals surface area contributed by atoms with E-state index in [0.717, 1.165) is 16.7 Å². The number of carbonyl (C=O) groups excluding carboxylic acids is 1. The number of ketones is 1. The maximum Gasteiger partial charge on any atom is 0.178 e. The summed E-state index contributed by atoms with van der Waals surface area (Å²) in [5.41, 5.74) is 2.86. The number of allylic oxidation sites excluding steroid dienone is 1. The lowest BCUT2D eigenvalue weighted by atomic mass is 9.86. The first-order valence-electron chi connectivity index (χ1n) is 9.07. The highest BCUT2D eigenvalue weighted by molar-refractivity contribution is 6.06. The van der Waals surface area contributed by atoms with Gasteiger partial charge >= 0.3 is 0 Å². The predicted octanol–water partition coefficient (Wildman–Crippen LogP) is 4.52. The Morgan fingerprint density at radius 1 is 1.18 bits per heavy atom. The van der Waals surface area contributed by atoms with Crippen molar-refractivity contribution in [2.45, 2.75) is 27.3 Å². The monoisotopic (exact) mass is 370 g/mol. The summed E-state index contributed by atoms with van der Waals surface area (Å²) in [6.45, 7) is 6.02. The van der Waals surface area contributed by atoms with E-state index in [0.29, 0.717) is 12.2 Å². The van der Waals surface area contributed by atoms with Crippen LogP contribution in [-0.4, -0.2) is 20.5 Å². The van der Waals surface area contributed by atoms with E-state index in [2.05, 4.69) is 11.1 Å². The normalized spacial score (nSPS) is 11.9. The van der Waals surface area contributed by atoms with E-state index in [9.17, 15) is 10.1 Å². The van der Waals surface area contributed by atoms with Gasteiger partial charge in [0.25, 0.3) is 0 Å². The van der Waals surface area contributed by atoms with Gasteiger partial charge in [0.05, 0.1) is 12.1 Å². The van der Waals surface area contributed by atoms with Gasteiger partial charge < -0.3 is 0 Å². The molecule has 0 fully saturated rings. The molecule has 0 spiro atoms. The molecule has 140 valence electrons. The van der Waals surface area contributed by atoms with Gasteiger partial charge in [-0.05, 0) is 23.8 Å². The van der Waals surface area contributed by atoms with Gasteiger partial charge in [-0.3, -0.25) is 14.5 Å². The zero-order valence-electron chi connectivity index (χ0n) is 16.3.